The number of halogens is 3. The molecule has 1 aromatic carbocycles. The Hall–Kier alpha value is -0.640. The molecule has 0 bridgehead atoms. The maximum atomic E-state index is 12.6. The molecule has 0 aliphatic heterocycles. The zero-order valence-electron chi connectivity index (χ0n) is 8.02. The number of benzene rings is 1. The lowest BCUT2D eigenvalue weighted by atomic mass is 10.1. The Balaban J connectivity index is 3.03. The molecule has 1 rings (SSSR count). The Morgan fingerprint density at radius 3 is 2.43 bits per heavy atom. The van der Waals surface area contributed by atoms with Crippen molar-refractivity contribution in [3.05, 3.63) is 28.2 Å². The zero-order valence-corrected chi connectivity index (χ0v) is 9.61. The molecule has 0 fully saturated rings. The summed E-state index contributed by atoms with van der Waals surface area (Å²) in [7, 11) is 0. The summed E-state index contributed by atoms with van der Waals surface area (Å²) >= 11 is 3.25. The summed E-state index contributed by atoms with van der Waals surface area (Å²) in [6, 6.07) is 4.86. The molecule has 1 N–H and O–H groups in total. The standard InChI is InChI=1S/C10H12BrF2N/c1-6(2)14-9-5-7(11)3-4-8(9)10(12)13/h3-6,10,14H,1-2H3. The predicted molar refractivity (Wildman–Crippen MR) is 57.9 cm³/mol. The van der Waals surface area contributed by atoms with Crippen LogP contribution in [0.25, 0.3) is 0 Å². The first-order valence-electron chi connectivity index (χ1n) is 4.35. The molecule has 0 radical (unpaired) electrons. The average Bonchev–Trinajstić information content (AvgIpc) is 2.01. The topological polar surface area (TPSA) is 12.0 Å². The van der Waals surface area contributed by atoms with Gasteiger partial charge in [-0.3, -0.25) is 0 Å². The van der Waals surface area contributed by atoms with Gasteiger partial charge in [0.1, 0.15) is 0 Å². The SMILES string of the molecule is CC(C)Nc1cc(Br)ccc1C(F)F. The largest absolute Gasteiger partial charge is 0.382 e. The fourth-order valence-electron chi connectivity index (χ4n) is 1.15. The Morgan fingerprint density at radius 1 is 1.29 bits per heavy atom. The van der Waals surface area contributed by atoms with E-state index in [1.165, 1.54) is 6.07 Å². The summed E-state index contributed by atoms with van der Waals surface area (Å²) in [6.45, 7) is 3.83. The number of alkyl halides is 2. The van der Waals surface area contributed by atoms with Gasteiger partial charge in [-0.1, -0.05) is 22.0 Å². The Morgan fingerprint density at radius 2 is 1.93 bits per heavy atom. The van der Waals surface area contributed by atoms with Crippen LogP contribution in [0, 0.1) is 0 Å². The summed E-state index contributed by atoms with van der Waals surface area (Å²) < 4.78 is 25.9. The molecule has 0 spiro atoms. The minimum Gasteiger partial charge on any atom is -0.382 e. The molecular formula is C10H12BrF2N. The van der Waals surface area contributed by atoms with E-state index in [2.05, 4.69) is 21.2 Å². The molecule has 0 unspecified atom stereocenters. The van der Waals surface area contributed by atoms with E-state index in [0.717, 1.165) is 4.47 Å². The van der Waals surface area contributed by atoms with Gasteiger partial charge >= 0.3 is 0 Å². The number of hydrogen-bond acceptors (Lipinski definition) is 1. The van der Waals surface area contributed by atoms with E-state index in [-0.39, 0.29) is 11.6 Å². The lowest BCUT2D eigenvalue weighted by Crippen LogP contribution is -2.11. The van der Waals surface area contributed by atoms with Gasteiger partial charge < -0.3 is 5.32 Å². The smallest absolute Gasteiger partial charge is 0.265 e. The molecule has 0 amide bonds. The second-order valence-corrected chi connectivity index (χ2v) is 4.25. The number of rotatable bonds is 3. The first-order valence-corrected chi connectivity index (χ1v) is 5.14. The molecule has 0 aliphatic carbocycles. The van der Waals surface area contributed by atoms with Gasteiger partial charge in [0.05, 0.1) is 0 Å². The second-order valence-electron chi connectivity index (χ2n) is 3.33. The molecule has 14 heavy (non-hydrogen) atoms. The van der Waals surface area contributed by atoms with Crippen molar-refractivity contribution in [2.75, 3.05) is 5.32 Å². The van der Waals surface area contributed by atoms with Crippen LogP contribution < -0.4 is 5.32 Å². The lowest BCUT2D eigenvalue weighted by molar-refractivity contribution is 0.152. The van der Waals surface area contributed by atoms with Gasteiger partial charge in [-0.25, -0.2) is 8.78 Å². The highest BCUT2D eigenvalue weighted by atomic mass is 79.9. The van der Waals surface area contributed by atoms with Crippen molar-refractivity contribution in [2.45, 2.75) is 26.3 Å². The Bertz CT molecular complexity index is 313. The molecule has 1 aromatic rings. The van der Waals surface area contributed by atoms with Gasteiger partial charge in [0, 0.05) is 21.8 Å². The number of anilines is 1. The van der Waals surface area contributed by atoms with Crippen LogP contribution in [0.2, 0.25) is 0 Å². The van der Waals surface area contributed by atoms with Gasteiger partial charge in [0.25, 0.3) is 6.43 Å². The molecule has 4 heteroatoms. The van der Waals surface area contributed by atoms with Crippen LogP contribution in [-0.2, 0) is 0 Å². The molecular weight excluding hydrogens is 252 g/mol. The van der Waals surface area contributed by atoms with E-state index in [1.807, 2.05) is 13.8 Å². The molecule has 0 saturated carbocycles. The van der Waals surface area contributed by atoms with E-state index in [1.54, 1.807) is 12.1 Å². The summed E-state index contributed by atoms with van der Waals surface area (Å²) in [4.78, 5) is 0. The fourth-order valence-corrected chi connectivity index (χ4v) is 1.52. The van der Waals surface area contributed by atoms with Crippen LogP contribution in [0.3, 0.4) is 0 Å². The fraction of sp³-hybridized carbons (Fsp3) is 0.400. The quantitative estimate of drug-likeness (QED) is 0.862. The van der Waals surface area contributed by atoms with Crippen molar-refractivity contribution in [3.63, 3.8) is 0 Å². The summed E-state index contributed by atoms with van der Waals surface area (Å²) in [5, 5.41) is 2.99. The highest BCUT2D eigenvalue weighted by Gasteiger charge is 2.13. The van der Waals surface area contributed by atoms with Crippen molar-refractivity contribution in [2.24, 2.45) is 0 Å². The molecule has 0 aliphatic rings. The van der Waals surface area contributed by atoms with Crippen LogP contribution in [0.15, 0.2) is 22.7 Å². The van der Waals surface area contributed by atoms with E-state index < -0.39 is 6.43 Å². The lowest BCUT2D eigenvalue weighted by Gasteiger charge is -2.14. The normalized spacial score (nSPS) is 11.1. The first-order chi connectivity index (χ1) is 6.50. The minimum atomic E-state index is -2.44. The van der Waals surface area contributed by atoms with Crippen molar-refractivity contribution in [1.82, 2.24) is 0 Å². The third kappa shape index (κ3) is 2.94. The maximum Gasteiger partial charge on any atom is 0.265 e. The number of nitrogens with one attached hydrogen (secondary N) is 1. The Kier molecular flexibility index (Phi) is 3.86. The van der Waals surface area contributed by atoms with E-state index in [0.29, 0.717) is 5.69 Å². The molecule has 0 atom stereocenters. The third-order valence-electron chi connectivity index (χ3n) is 1.69. The van der Waals surface area contributed by atoms with Crippen LogP contribution in [0.4, 0.5) is 14.5 Å². The van der Waals surface area contributed by atoms with Crippen LogP contribution >= 0.6 is 15.9 Å². The highest BCUT2D eigenvalue weighted by molar-refractivity contribution is 9.10. The van der Waals surface area contributed by atoms with Crippen molar-refractivity contribution in [1.29, 1.82) is 0 Å². The molecule has 0 heterocycles. The average molecular weight is 264 g/mol. The van der Waals surface area contributed by atoms with E-state index in [4.69, 9.17) is 0 Å². The summed E-state index contributed by atoms with van der Waals surface area (Å²) in [5.74, 6) is 0. The van der Waals surface area contributed by atoms with Gasteiger partial charge in [-0.05, 0) is 26.0 Å². The second kappa shape index (κ2) is 4.73. The number of hydrogen-bond donors (Lipinski definition) is 1. The van der Waals surface area contributed by atoms with Crippen LogP contribution in [0.5, 0.6) is 0 Å². The molecule has 0 aromatic heterocycles. The maximum absolute atomic E-state index is 12.6. The van der Waals surface area contributed by atoms with Crippen molar-refractivity contribution >= 4 is 21.6 Å². The van der Waals surface area contributed by atoms with Gasteiger partial charge in [0.2, 0.25) is 0 Å². The summed E-state index contributed by atoms with van der Waals surface area (Å²) in [6.07, 6.45) is -2.44. The van der Waals surface area contributed by atoms with Gasteiger partial charge in [-0.15, -0.1) is 0 Å². The highest BCUT2D eigenvalue weighted by Crippen LogP contribution is 2.30. The van der Waals surface area contributed by atoms with E-state index >= 15 is 0 Å². The van der Waals surface area contributed by atoms with Gasteiger partial charge in [-0.2, -0.15) is 0 Å². The molecule has 1 nitrogen and oxygen atoms in total. The Labute approximate surface area is 90.6 Å². The minimum absolute atomic E-state index is 0.0434. The molecule has 78 valence electrons. The summed E-state index contributed by atoms with van der Waals surface area (Å²) in [5.41, 5.74) is 0.534. The molecule has 0 saturated heterocycles. The van der Waals surface area contributed by atoms with Crippen molar-refractivity contribution < 1.29 is 8.78 Å². The predicted octanol–water partition coefficient (Wildman–Crippen LogP) is 4.21. The van der Waals surface area contributed by atoms with Crippen LogP contribution in [-0.4, -0.2) is 6.04 Å². The van der Waals surface area contributed by atoms with Crippen molar-refractivity contribution in [3.8, 4) is 0 Å². The van der Waals surface area contributed by atoms with E-state index in [9.17, 15) is 8.78 Å². The first kappa shape index (κ1) is 11.4. The zero-order chi connectivity index (χ0) is 10.7. The monoisotopic (exact) mass is 263 g/mol. The van der Waals surface area contributed by atoms with Gasteiger partial charge in [0.15, 0.2) is 0 Å². The van der Waals surface area contributed by atoms with Crippen LogP contribution in [0.1, 0.15) is 25.8 Å². The third-order valence-corrected chi connectivity index (χ3v) is 2.19.